The summed E-state index contributed by atoms with van der Waals surface area (Å²) in [4.78, 5) is 4.72. The Labute approximate surface area is 116 Å². The molecule has 1 aliphatic carbocycles. The topological polar surface area (TPSA) is 24.9 Å². The van der Waals surface area contributed by atoms with Crippen LogP contribution in [-0.2, 0) is 0 Å². The molecule has 1 saturated carbocycles. The summed E-state index contributed by atoms with van der Waals surface area (Å²) in [5, 5.41) is 4.15. The van der Waals surface area contributed by atoms with E-state index in [1.54, 1.807) is 0 Å². The minimum absolute atomic E-state index is 0.700. The summed E-state index contributed by atoms with van der Waals surface area (Å²) in [5.74, 6) is 0. The lowest BCUT2D eigenvalue weighted by Crippen LogP contribution is -2.32. The molecule has 0 radical (unpaired) electrons. The zero-order chi connectivity index (χ0) is 12.4. The maximum atomic E-state index is 4.72. The summed E-state index contributed by atoms with van der Waals surface area (Å²) in [7, 11) is 2.08. The third-order valence-corrected chi connectivity index (χ3v) is 6.00. The minimum Gasteiger partial charge on any atom is -0.317 e. The number of thiazole rings is 1. The number of hydrogen-bond acceptors (Lipinski definition) is 4. The van der Waals surface area contributed by atoms with Gasteiger partial charge in [-0.15, -0.1) is 11.3 Å². The van der Waals surface area contributed by atoms with E-state index in [1.807, 2.05) is 23.1 Å². The van der Waals surface area contributed by atoms with Crippen LogP contribution in [0.1, 0.15) is 25.7 Å². The smallest absolute Gasteiger partial charge is 0.151 e. The number of fused-ring (bicyclic) bond motifs is 1. The van der Waals surface area contributed by atoms with Gasteiger partial charge in [0.15, 0.2) is 4.34 Å². The van der Waals surface area contributed by atoms with E-state index in [-0.39, 0.29) is 0 Å². The van der Waals surface area contributed by atoms with Crippen LogP contribution in [0, 0.1) is 0 Å². The molecule has 1 heterocycles. The number of thioether (sulfide) groups is 1. The Morgan fingerprint density at radius 2 is 2.22 bits per heavy atom. The van der Waals surface area contributed by atoms with Crippen molar-refractivity contribution in [2.24, 2.45) is 0 Å². The first-order valence-corrected chi connectivity index (χ1v) is 8.24. The molecule has 0 amide bonds. The zero-order valence-electron chi connectivity index (χ0n) is 10.6. The van der Waals surface area contributed by atoms with Crippen LogP contribution in [-0.4, -0.2) is 23.3 Å². The van der Waals surface area contributed by atoms with Gasteiger partial charge < -0.3 is 5.32 Å². The van der Waals surface area contributed by atoms with E-state index < -0.39 is 0 Å². The summed E-state index contributed by atoms with van der Waals surface area (Å²) in [6.45, 7) is 0. The van der Waals surface area contributed by atoms with Crippen molar-refractivity contribution in [1.82, 2.24) is 10.3 Å². The summed E-state index contributed by atoms with van der Waals surface area (Å²) >= 11 is 3.81. The lowest BCUT2D eigenvalue weighted by Gasteiger charge is -2.27. The second-order valence-electron chi connectivity index (χ2n) is 4.84. The van der Waals surface area contributed by atoms with E-state index in [4.69, 9.17) is 4.98 Å². The maximum Gasteiger partial charge on any atom is 0.151 e. The molecule has 0 aliphatic heterocycles. The van der Waals surface area contributed by atoms with E-state index >= 15 is 0 Å². The number of para-hydroxylation sites is 1. The molecule has 2 unspecified atom stereocenters. The van der Waals surface area contributed by atoms with Crippen LogP contribution in [0.3, 0.4) is 0 Å². The third-order valence-electron chi connectivity index (χ3n) is 3.58. The van der Waals surface area contributed by atoms with Gasteiger partial charge in [-0.25, -0.2) is 4.98 Å². The van der Waals surface area contributed by atoms with Crippen LogP contribution in [0.2, 0.25) is 0 Å². The molecular weight excluding hydrogens is 260 g/mol. The fraction of sp³-hybridized carbons (Fsp3) is 0.500. The highest BCUT2D eigenvalue weighted by atomic mass is 32.2. The Kier molecular flexibility index (Phi) is 3.87. The molecule has 1 fully saturated rings. The minimum atomic E-state index is 0.700. The quantitative estimate of drug-likeness (QED) is 0.921. The van der Waals surface area contributed by atoms with Gasteiger partial charge in [0.05, 0.1) is 10.2 Å². The van der Waals surface area contributed by atoms with Crippen molar-refractivity contribution in [3.8, 4) is 0 Å². The van der Waals surface area contributed by atoms with Crippen molar-refractivity contribution in [2.75, 3.05) is 7.05 Å². The second-order valence-corrected chi connectivity index (χ2v) is 7.42. The molecule has 0 saturated heterocycles. The van der Waals surface area contributed by atoms with Gasteiger partial charge in [-0.2, -0.15) is 0 Å². The molecule has 96 valence electrons. The Bertz CT molecular complexity index is 490. The van der Waals surface area contributed by atoms with Gasteiger partial charge in [0.25, 0.3) is 0 Å². The zero-order valence-corrected chi connectivity index (χ0v) is 12.2. The first-order valence-electron chi connectivity index (χ1n) is 6.54. The lowest BCUT2D eigenvalue weighted by molar-refractivity contribution is 0.402. The highest BCUT2D eigenvalue weighted by molar-refractivity contribution is 8.01. The largest absolute Gasteiger partial charge is 0.317 e. The highest BCUT2D eigenvalue weighted by Gasteiger charge is 2.22. The summed E-state index contributed by atoms with van der Waals surface area (Å²) < 4.78 is 2.54. The van der Waals surface area contributed by atoms with Crippen LogP contribution < -0.4 is 5.32 Å². The Morgan fingerprint density at radius 1 is 1.33 bits per heavy atom. The highest BCUT2D eigenvalue weighted by Crippen LogP contribution is 2.37. The van der Waals surface area contributed by atoms with Crippen LogP contribution in [0.4, 0.5) is 0 Å². The van der Waals surface area contributed by atoms with Crippen molar-refractivity contribution in [2.45, 2.75) is 41.3 Å². The SMILES string of the molecule is CNC1CCCC(Sc2nc3ccccc3s2)C1. The van der Waals surface area contributed by atoms with E-state index in [2.05, 4.69) is 36.6 Å². The first kappa shape index (κ1) is 12.5. The molecular formula is C14H18N2S2. The number of benzene rings is 1. The Morgan fingerprint density at radius 3 is 3.06 bits per heavy atom. The summed E-state index contributed by atoms with van der Waals surface area (Å²) in [6, 6.07) is 9.12. The van der Waals surface area contributed by atoms with Gasteiger partial charge >= 0.3 is 0 Å². The van der Waals surface area contributed by atoms with E-state index in [0.29, 0.717) is 6.04 Å². The van der Waals surface area contributed by atoms with Crippen LogP contribution in [0.15, 0.2) is 28.6 Å². The average Bonchev–Trinajstić information content (AvgIpc) is 2.81. The molecule has 2 nitrogen and oxygen atoms in total. The van der Waals surface area contributed by atoms with Gasteiger partial charge in [0.2, 0.25) is 0 Å². The van der Waals surface area contributed by atoms with Crippen molar-refractivity contribution in [3.63, 3.8) is 0 Å². The van der Waals surface area contributed by atoms with Gasteiger partial charge in [-0.05, 0) is 38.4 Å². The summed E-state index contributed by atoms with van der Waals surface area (Å²) in [6.07, 6.45) is 5.28. The van der Waals surface area contributed by atoms with Gasteiger partial charge in [-0.1, -0.05) is 30.3 Å². The van der Waals surface area contributed by atoms with Gasteiger partial charge in [0, 0.05) is 11.3 Å². The summed E-state index contributed by atoms with van der Waals surface area (Å²) in [5.41, 5.74) is 1.14. The third kappa shape index (κ3) is 2.71. The van der Waals surface area contributed by atoms with E-state index in [1.165, 1.54) is 34.7 Å². The van der Waals surface area contributed by atoms with Gasteiger partial charge in [-0.3, -0.25) is 0 Å². The molecule has 0 spiro atoms. The predicted molar refractivity (Wildman–Crippen MR) is 80.6 cm³/mol. The molecule has 1 aromatic heterocycles. The number of nitrogens with one attached hydrogen (secondary N) is 1. The fourth-order valence-electron chi connectivity index (χ4n) is 2.56. The Hall–Kier alpha value is -0.580. The maximum absolute atomic E-state index is 4.72. The molecule has 0 bridgehead atoms. The van der Waals surface area contributed by atoms with Crippen molar-refractivity contribution in [1.29, 1.82) is 0 Å². The number of aromatic nitrogens is 1. The normalized spacial score (nSPS) is 24.5. The molecule has 3 rings (SSSR count). The van der Waals surface area contributed by atoms with Crippen molar-refractivity contribution >= 4 is 33.3 Å². The average molecular weight is 278 g/mol. The fourth-order valence-corrected chi connectivity index (χ4v) is 5.17. The first-order chi connectivity index (χ1) is 8.85. The molecule has 2 atom stereocenters. The van der Waals surface area contributed by atoms with E-state index in [9.17, 15) is 0 Å². The van der Waals surface area contributed by atoms with Crippen LogP contribution >= 0.6 is 23.1 Å². The molecule has 1 N–H and O–H groups in total. The predicted octanol–water partition coefficient (Wildman–Crippen LogP) is 3.92. The van der Waals surface area contributed by atoms with Crippen LogP contribution in [0.25, 0.3) is 10.2 Å². The number of rotatable bonds is 3. The van der Waals surface area contributed by atoms with Crippen LogP contribution in [0.5, 0.6) is 0 Å². The van der Waals surface area contributed by atoms with Crippen molar-refractivity contribution in [3.05, 3.63) is 24.3 Å². The van der Waals surface area contributed by atoms with Crippen molar-refractivity contribution < 1.29 is 0 Å². The molecule has 1 aromatic carbocycles. The molecule has 4 heteroatoms. The molecule has 2 aromatic rings. The van der Waals surface area contributed by atoms with Gasteiger partial charge in [0.1, 0.15) is 0 Å². The molecule has 18 heavy (non-hydrogen) atoms. The number of nitrogens with zero attached hydrogens (tertiary/aromatic N) is 1. The lowest BCUT2D eigenvalue weighted by atomic mass is 9.95. The molecule has 1 aliphatic rings. The van der Waals surface area contributed by atoms with E-state index in [0.717, 1.165) is 10.8 Å². The second kappa shape index (κ2) is 5.59. The number of hydrogen-bond donors (Lipinski definition) is 1. The standard InChI is InChI=1S/C14H18N2S2/c1-15-10-5-4-6-11(9-10)17-14-16-12-7-2-3-8-13(12)18-14/h2-3,7-8,10-11,15H,4-6,9H2,1H3. The Balaban J connectivity index is 1.71. The monoisotopic (exact) mass is 278 g/mol.